The fourth-order valence-electron chi connectivity index (χ4n) is 3.05. The third kappa shape index (κ3) is 5.04. The molecule has 1 aliphatic rings. The zero-order valence-electron chi connectivity index (χ0n) is 16.8. The van der Waals surface area contributed by atoms with Crippen molar-refractivity contribution in [1.82, 2.24) is 4.57 Å². The Morgan fingerprint density at radius 2 is 2.21 bits per heavy atom. The maximum Gasteiger partial charge on any atom is 0.283 e. The van der Waals surface area contributed by atoms with Gasteiger partial charge in [-0.2, -0.15) is 4.99 Å². The number of amides is 1. The number of nitrogens with zero attached hydrogens (tertiary/aromatic N) is 2. The molecular formula is C21H27ClN2O3S. The smallest absolute Gasteiger partial charge is 0.283 e. The molecule has 1 aliphatic heterocycles. The van der Waals surface area contributed by atoms with Gasteiger partial charge in [-0.1, -0.05) is 32.4 Å². The van der Waals surface area contributed by atoms with Gasteiger partial charge in [-0.05, 0) is 43.4 Å². The maximum atomic E-state index is 13.0. The number of carbonyl (C=O) groups excluding carboxylic acids is 1. The van der Waals surface area contributed by atoms with Gasteiger partial charge >= 0.3 is 0 Å². The van der Waals surface area contributed by atoms with Crippen molar-refractivity contribution in [2.45, 2.75) is 58.6 Å². The van der Waals surface area contributed by atoms with Crippen LogP contribution in [0.1, 0.15) is 55.8 Å². The van der Waals surface area contributed by atoms with Crippen LogP contribution in [0.25, 0.3) is 0 Å². The molecule has 1 amide bonds. The molecule has 1 atom stereocenters. The van der Waals surface area contributed by atoms with Crippen molar-refractivity contribution in [1.29, 1.82) is 0 Å². The molecule has 1 aromatic carbocycles. The van der Waals surface area contributed by atoms with Crippen molar-refractivity contribution >= 4 is 28.8 Å². The molecule has 0 unspecified atom stereocenters. The summed E-state index contributed by atoms with van der Waals surface area (Å²) in [6.45, 7) is 10.3. The summed E-state index contributed by atoms with van der Waals surface area (Å²) in [5.74, 6) is 0.147. The van der Waals surface area contributed by atoms with Crippen molar-refractivity contribution in [2.24, 2.45) is 4.99 Å². The van der Waals surface area contributed by atoms with Crippen molar-refractivity contribution in [3.63, 3.8) is 0 Å². The highest BCUT2D eigenvalue weighted by molar-refractivity contribution is 7.09. The van der Waals surface area contributed by atoms with Crippen LogP contribution in [0.2, 0.25) is 5.02 Å². The summed E-state index contributed by atoms with van der Waals surface area (Å²) in [6.07, 6.45) is 4.37. The Balaban J connectivity index is 2.01. The van der Waals surface area contributed by atoms with Crippen LogP contribution >= 0.6 is 22.9 Å². The Labute approximate surface area is 175 Å². The second kappa shape index (κ2) is 8.80. The summed E-state index contributed by atoms with van der Waals surface area (Å²) in [6, 6.07) is 5.04. The lowest BCUT2D eigenvalue weighted by molar-refractivity contribution is 0.0948. The molecular weight excluding hydrogens is 396 g/mol. The third-order valence-corrected chi connectivity index (χ3v) is 6.23. The zero-order chi connectivity index (χ0) is 20.3. The molecule has 2 heterocycles. The molecule has 3 rings (SSSR count). The molecule has 1 fully saturated rings. The highest BCUT2D eigenvalue weighted by atomic mass is 35.5. The quantitative estimate of drug-likeness (QED) is 0.694. The van der Waals surface area contributed by atoms with E-state index in [-0.39, 0.29) is 17.4 Å². The van der Waals surface area contributed by atoms with E-state index in [2.05, 4.69) is 32.0 Å². The molecule has 5 nitrogen and oxygen atoms in total. The molecule has 0 spiro atoms. The molecule has 0 N–H and O–H groups in total. The predicted octanol–water partition coefficient (Wildman–Crippen LogP) is 4.82. The number of benzene rings is 1. The summed E-state index contributed by atoms with van der Waals surface area (Å²) < 4.78 is 13.4. The number of hydrogen-bond acceptors (Lipinski definition) is 4. The Morgan fingerprint density at radius 3 is 2.86 bits per heavy atom. The molecule has 1 aromatic heterocycles. The van der Waals surface area contributed by atoms with Crippen LogP contribution in [0.15, 0.2) is 29.4 Å². The van der Waals surface area contributed by atoms with Crippen molar-refractivity contribution < 1.29 is 14.3 Å². The summed E-state index contributed by atoms with van der Waals surface area (Å²) in [5.41, 5.74) is 0.357. The van der Waals surface area contributed by atoms with Gasteiger partial charge in [-0.25, -0.2) is 0 Å². The lowest BCUT2D eigenvalue weighted by Gasteiger charge is -2.15. The Bertz CT molecular complexity index is 905. The van der Waals surface area contributed by atoms with E-state index < -0.39 is 0 Å². The van der Waals surface area contributed by atoms with Gasteiger partial charge in [-0.15, -0.1) is 11.3 Å². The molecule has 0 aliphatic carbocycles. The van der Waals surface area contributed by atoms with Gasteiger partial charge in [0.15, 0.2) is 4.80 Å². The van der Waals surface area contributed by atoms with Crippen molar-refractivity contribution in [3.8, 4) is 5.75 Å². The number of ether oxygens (including phenoxy) is 2. The normalized spacial score (nSPS) is 17.9. The SMILES string of the molecule is CCOc1ccc(Cl)cc1C(=O)N=c1sc(C(C)(C)C)cn1C[C@H]1CCCO1. The van der Waals surface area contributed by atoms with E-state index in [9.17, 15) is 4.79 Å². The van der Waals surface area contributed by atoms with Gasteiger partial charge < -0.3 is 14.0 Å². The van der Waals surface area contributed by atoms with Crippen LogP contribution in [-0.2, 0) is 16.7 Å². The molecule has 0 radical (unpaired) electrons. The van der Waals surface area contributed by atoms with E-state index in [0.29, 0.717) is 34.3 Å². The minimum atomic E-state index is -0.352. The van der Waals surface area contributed by atoms with E-state index in [1.165, 1.54) is 4.88 Å². The molecule has 28 heavy (non-hydrogen) atoms. The van der Waals surface area contributed by atoms with E-state index in [1.54, 1.807) is 29.5 Å². The van der Waals surface area contributed by atoms with E-state index in [4.69, 9.17) is 21.1 Å². The monoisotopic (exact) mass is 422 g/mol. The Kier molecular flexibility index (Phi) is 6.63. The second-order valence-corrected chi connectivity index (χ2v) is 9.35. The average molecular weight is 423 g/mol. The molecule has 1 saturated heterocycles. The summed E-state index contributed by atoms with van der Waals surface area (Å²) in [7, 11) is 0. The number of carbonyl (C=O) groups is 1. The fraction of sp³-hybridized carbons (Fsp3) is 0.524. The third-order valence-electron chi connectivity index (χ3n) is 4.55. The first-order valence-electron chi connectivity index (χ1n) is 9.61. The molecule has 152 valence electrons. The van der Waals surface area contributed by atoms with Gasteiger partial charge in [0.05, 0.1) is 24.8 Å². The number of thiazole rings is 1. The first-order valence-corrected chi connectivity index (χ1v) is 10.8. The topological polar surface area (TPSA) is 52.8 Å². The number of aromatic nitrogens is 1. The Hall–Kier alpha value is -1.63. The average Bonchev–Trinajstić information content (AvgIpc) is 3.27. The largest absolute Gasteiger partial charge is 0.493 e. The lowest BCUT2D eigenvalue weighted by Crippen LogP contribution is -2.23. The van der Waals surface area contributed by atoms with Gasteiger partial charge in [0, 0.05) is 22.7 Å². The molecule has 7 heteroatoms. The van der Waals surface area contributed by atoms with Crippen LogP contribution in [-0.4, -0.2) is 29.8 Å². The number of hydrogen-bond donors (Lipinski definition) is 0. The second-order valence-electron chi connectivity index (χ2n) is 7.91. The van der Waals surface area contributed by atoms with Gasteiger partial charge in [-0.3, -0.25) is 4.79 Å². The maximum absolute atomic E-state index is 13.0. The highest BCUT2D eigenvalue weighted by Gasteiger charge is 2.22. The summed E-state index contributed by atoms with van der Waals surface area (Å²) >= 11 is 7.65. The van der Waals surface area contributed by atoms with Crippen LogP contribution in [0.4, 0.5) is 0 Å². The Morgan fingerprint density at radius 1 is 1.43 bits per heavy atom. The highest BCUT2D eigenvalue weighted by Crippen LogP contribution is 2.26. The first kappa shape index (κ1) is 21.1. The van der Waals surface area contributed by atoms with Crippen LogP contribution in [0.5, 0.6) is 5.75 Å². The van der Waals surface area contributed by atoms with E-state index >= 15 is 0 Å². The van der Waals surface area contributed by atoms with Crippen LogP contribution in [0.3, 0.4) is 0 Å². The number of halogens is 1. The van der Waals surface area contributed by atoms with E-state index in [0.717, 1.165) is 19.4 Å². The van der Waals surface area contributed by atoms with Gasteiger partial charge in [0.2, 0.25) is 0 Å². The van der Waals surface area contributed by atoms with E-state index in [1.807, 2.05) is 11.5 Å². The fourth-order valence-corrected chi connectivity index (χ4v) is 4.28. The van der Waals surface area contributed by atoms with Crippen LogP contribution in [0, 0.1) is 0 Å². The zero-order valence-corrected chi connectivity index (χ0v) is 18.4. The standard InChI is InChI=1S/C21H27ClN2O3S/c1-5-26-17-9-8-14(22)11-16(17)19(25)23-20-24(12-15-7-6-10-27-15)13-18(28-20)21(2,3)4/h8-9,11,13,15H,5-7,10,12H2,1-4H3/t15-/m1/s1. The minimum Gasteiger partial charge on any atom is -0.493 e. The minimum absolute atomic E-state index is 0.0215. The van der Waals surface area contributed by atoms with Crippen molar-refractivity contribution in [3.05, 3.63) is 44.7 Å². The lowest BCUT2D eigenvalue weighted by atomic mass is 9.95. The first-order chi connectivity index (χ1) is 13.3. The predicted molar refractivity (Wildman–Crippen MR) is 112 cm³/mol. The molecule has 2 aromatic rings. The number of rotatable bonds is 5. The van der Waals surface area contributed by atoms with Gasteiger partial charge in [0.25, 0.3) is 5.91 Å². The summed E-state index contributed by atoms with van der Waals surface area (Å²) in [5, 5.41) is 0.482. The van der Waals surface area contributed by atoms with Crippen molar-refractivity contribution in [2.75, 3.05) is 13.2 Å². The van der Waals surface area contributed by atoms with Gasteiger partial charge in [0.1, 0.15) is 5.75 Å². The summed E-state index contributed by atoms with van der Waals surface area (Å²) in [4.78, 5) is 19.3. The molecule has 0 bridgehead atoms. The molecule has 0 saturated carbocycles. The van der Waals surface area contributed by atoms with Crippen LogP contribution < -0.4 is 9.54 Å².